The van der Waals surface area contributed by atoms with E-state index in [2.05, 4.69) is 17.0 Å². The Balaban J connectivity index is 2.10. The van der Waals surface area contributed by atoms with Gasteiger partial charge in [-0.2, -0.15) is 0 Å². The minimum Gasteiger partial charge on any atom is -0.465 e. The smallest absolute Gasteiger partial charge is 0.337 e. The third kappa shape index (κ3) is 3.19. The maximum absolute atomic E-state index is 11.4. The first-order valence-electron chi connectivity index (χ1n) is 6.86. The van der Waals surface area contributed by atoms with Crippen LogP contribution in [0.25, 0.3) is 0 Å². The highest BCUT2D eigenvalue weighted by Gasteiger charge is 2.21. The van der Waals surface area contributed by atoms with E-state index in [0.29, 0.717) is 23.2 Å². The molecule has 1 fully saturated rings. The third-order valence-corrected chi connectivity index (χ3v) is 3.93. The molecule has 0 amide bonds. The summed E-state index contributed by atoms with van der Waals surface area (Å²) in [6, 6.07) is 5.75. The largest absolute Gasteiger partial charge is 0.465 e. The molecule has 1 aromatic carbocycles. The Kier molecular flexibility index (Phi) is 4.30. The number of hydrogen-bond donors (Lipinski definition) is 2. The maximum Gasteiger partial charge on any atom is 0.337 e. The molecule has 4 heteroatoms. The van der Waals surface area contributed by atoms with E-state index in [1.165, 1.54) is 32.8 Å². The SMILES string of the molecule is COC(=O)c1ccc(NC2CCCCC2C)c(N)c1. The van der Waals surface area contributed by atoms with E-state index < -0.39 is 0 Å². The van der Waals surface area contributed by atoms with Gasteiger partial charge in [0.15, 0.2) is 0 Å². The molecular formula is C15H22N2O2. The lowest BCUT2D eigenvalue weighted by molar-refractivity contribution is 0.0601. The molecule has 2 rings (SSSR count). The summed E-state index contributed by atoms with van der Waals surface area (Å²) in [5.41, 5.74) is 8.00. The lowest BCUT2D eigenvalue weighted by Crippen LogP contribution is -2.30. The lowest BCUT2D eigenvalue weighted by Gasteiger charge is -2.30. The summed E-state index contributed by atoms with van der Waals surface area (Å²) in [5, 5.41) is 3.51. The molecule has 1 aliphatic carbocycles. The molecule has 0 spiro atoms. The predicted octanol–water partition coefficient (Wildman–Crippen LogP) is 3.05. The molecule has 2 atom stereocenters. The predicted molar refractivity (Wildman–Crippen MR) is 77.2 cm³/mol. The number of carbonyl (C=O) groups is 1. The highest BCUT2D eigenvalue weighted by molar-refractivity contribution is 5.91. The highest BCUT2D eigenvalue weighted by Crippen LogP contribution is 2.29. The number of nitrogens with two attached hydrogens (primary N) is 1. The van der Waals surface area contributed by atoms with E-state index in [4.69, 9.17) is 5.73 Å². The van der Waals surface area contributed by atoms with Gasteiger partial charge in [0.2, 0.25) is 0 Å². The Bertz CT molecular complexity index is 459. The second-order valence-electron chi connectivity index (χ2n) is 5.31. The molecule has 0 aromatic heterocycles. The van der Waals surface area contributed by atoms with Gasteiger partial charge in [-0.3, -0.25) is 0 Å². The number of benzene rings is 1. The van der Waals surface area contributed by atoms with Crippen molar-refractivity contribution in [2.75, 3.05) is 18.2 Å². The maximum atomic E-state index is 11.4. The van der Waals surface area contributed by atoms with Crippen molar-refractivity contribution in [2.24, 2.45) is 5.92 Å². The number of nitrogen functional groups attached to an aromatic ring is 1. The molecule has 0 radical (unpaired) electrons. The molecule has 19 heavy (non-hydrogen) atoms. The van der Waals surface area contributed by atoms with Crippen LogP contribution in [0.15, 0.2) is 18.2 Å². The Morgan fingerprint density at radius 2 is 2.11 bits per heavy atom. The third-order valence-electron chi connectivity index (χ3n) is 3.93. The fourth-order valence-electron chi connectivity index (χ4n) is 2.67. The number of nitrogens with one attached hydrogen (secondary N) is 1. The first-order chi connectivity index (χ1) is 9.11. The van der Waals surface area contributed by atoms with Crippen molar-refractivity contribution in [3.8, 4) is 0 Å². The van der Waals surface area contributed by atoms with Crippen LogP contribution >= 0.6 is 0 Å². The summed E-state index contributed by atoms with van der Waals surface area (Å²) < 4.78 is 4.68. The molecule has 1 aromatic rings. The van der Waals surface area contributed by atoms with Crippen LogP contribution in [0.2, 0.25) is 0 Å². The zero-order valence-corrected chi connectivity index (χ0v) is 11.6. The van der Waals surface area contributed by atoms with Crippen LogP contribution < -0.4 is 11.1 Å². The van der Waals surface area contributed by atoms with Crippen LogP contribution in [0.1, 0.15) is 43.0 Å². The summed E-state index contributed by atoms with van der Waals surface area (Å²) in [6.45, 7) is 2.27. The van der Waals surface area contributed by atoms with Gasteiger partial charge in [-0.25, -0.2) is 4.79 Å². The summed E-state index contributed by atoms with van der Waals surface area (Å²) >= 11 is 0. The molecule has 0 aliphatic heterocycles. The van der Waals surface area contributed by atoms with Crippen molar-refractivity contribution in [1.82, 2.24) is 0 Å². The number of anilines is 2. The summed E-state index contributed by atoms with van der Waals surface area (Å²) in [7, 11) is 1.37. The van der Waals surface area contributed by atoms with E-state index in [1.54, 1.807) is 12.1 Å². The molecule has 104 valence electrons. The first-order valence-corrected chi connectivity index (χ1v) is 6.86. The van der Waals surface area contributed by atoms with Crippen molar-refractivity contribution in [2.45, 2.75) is 38.6 Å². The molecule has 1 aliphatic rings. The second kappa shape index (κ2) is 5.95. The van der Waals surface area contributed by atoms with Crippen molar-refractivity contribution in [3.05, 3.63) is 23.8 Å². The van der Waals surface area contributed by atoms with E-state index in [-0.39, 0.29) is 5.97 Å². The lowest BCUT2D eigenvalue weighted by atomic mass is 9.86. The Morgan fingerprint density at radius 1 is 1.37 bits per heavy atom. The fourth-order valence-corrected chi connectivity index (χ4v) is 2.67. The van der Waals surface area contributed by atoms with Crippen LogP contribution in [0, 0.1) is 5.92 Å². The van der Waals surface area contributed by atoms with Crippen molar-refractivity contribution < 1.29 is 9.53 Å². The Labute approximate surface area is 114 Å². The van der Waals surface area contributed by atoms with Gasteiger partial charge in [-0.1, -0.05) is 19.8 Å². The zero-order valence-electron chi connectivity index (χ0n) is 11.6. The molecule has 0 saturated heterocycles. The second-order valence-corrected chi connectivity index (χ2v) is 5.31. The normalized spacial score (nSPS) is 22.8. The van der Waals surface area contributed by atoms with E-state index in [1.807, 2.05) is 6.07 Å². The van der Waals surface area contributed by atoms with Gasteiger partial charge < -0.3 is 15.8 Å². The quantitative estimate of drug-likeness (QED) is 0.649. The number of carbonyl (C=O) groups excluding carboxylic acids is 1. The number of hydrogen-bond acceptors (Lipinski definition) is 4. The van der Waals surface area contributed by atoms with Gasteiger partial charge >= 0.3 is 5.97 Å². The van der Waals surface area contributed by atoms with Crippen LogP contribution in [-0.4, -0.2) is 19.1 Å². The highest BCUT2D eigenvalue weighted by atomic mass is 16.5. The standard InChI is InChI=1S/C15H22N2O2/c1-10-5-3-4-6-13(10)17-14-8-7-11(9-12(14)16)15(18)19-2/h7-10,13,17H,3-6,16H2,1-2H3. The number of rotatable bonds is 3. The molecule has 2 unspecified atom stereocenters. The topological polar surface area (TPSA) is 64.3 Å². The van der Waals surface area contributed by atoms with Crippen LogP contribution in [0.5, 0.6) is 0 Å². The average Bonchev–Trinajstić information content (AvgIpc) is 2.42. The van der Waals surface area contributed by atoms with E-state index in [9.17, 15) is 4.79 Å². The van der Waals surface area contributed by atoms with Gasteiger partial charge in [-0.05, 0) is 37.0 Å². The molecule has 4 nitrogen and oxygen atoms in total. The van der Waals surface area contributed by atoms with Crippen LogP contribution in [0.4, 0.5) is 11.4 Å². The minimum atomic E-state index is -0.357. The summed E-state index contributed by atoms with van der Waals surface area (Å²) in [5.74, 6) is 0.303. The molecule has 0 bridgehead atoms. The number of esters is 1. The number of methoxy groups -OCH3 is 1. The average molecular weight is 262 g/mol. The van der Waals surface area contributed by atoms with E-state index >= 15 is 0 Å². The van der Waals surface area contributed by atoms with Gasteiger partial charge in [0.05, 0.1) is 24.0 Å². The molecule has 0 heterocycles. The zero-order chi connectivity index (χ0) is 13.8. The van der Waals surface area contributed by atoms with Crippen molar-refractivity contribution >= 4 is 17.3 Å². The van der Waals surface area contributed by atoms with Gasteiger partial charge in [0, 0.05) is 6.04 Å². The van der Waals surface area contributed by atoms with Crippen LogP contribution in [-0.2, 0) is 4.74 Å². The number of ether oxygens (including phenoxy) is 1. The summed E-state index contributed by atoms with van der Waals surface area (Å²) in [4.78, 5) is 11.4. The monoisotopic (exact) mass is 262 g/mol. The first kappa shape index (κ1) is 13.7. The minimum absolute atomic E-state index is 0.357. The van der Waals surface area contributed by atoms with Gasteiger partial charge in [0.1, 0.15) is 0 Å². The molecule has 1 saturated carbocycles. The van der Waals surface area contributed by atoms with E-state index in [0.717, 1.165) is 5.69 Å². The Hall–Kier alpha value is -1.71. The van der Waals surface area contributed by atoms with Crippen molar-refractivity contribution in [3.63, 3.8) is 0 Å². The molecule has 3 N–H and O–H groups in total. The van der Waals surface area contributed by atoms with Gasteiger partial charge in [-0.15, -0.1) is 0 Å². The molecular weight excluding hydrogens is 240 g/mol. The fraction of sp³-hybridized carbons (Fsp3) is 0.533. The Morgan fingerprint density at radius 3 is 2.74 bits per heavy atom. The van der Waals surface area contributed by atoms with Crippen LogP contribution in [0.3, 0.4) is 0 Å². The summed E-state index contributed by atoms with van der Waals surface area (Å²) in [6.07, 6.45) is 5.02. The van der Waals surface area contributed by atoms with Gasteiger partial charge in [0.25, 0.3) is 0 Å². The van der Waals surface area contributed by atoms with Crippen molar-refractivity contribution in [1.29, 1.82) is 0 Å².